The zero-order valence-corrected chi connectivity index (χ0v) is 12.4. The van der Waals surface area contributed by atoms with Gasteiger partial charge in [-0.2, -0.15) is 0 Å². The van der Waals surface area contributed by atoms with Crippen molar-refractivity contribution in [3.05, 3.63) is 67.7 Å². The number of hydrogen-bond donors (Lipinski definition) is 1. The van der Waals surface area contributed by atoms with Crippen molar-refractivity contribution in [1.29, 1.82) is 0 Å². The average molecular weight is 325 g/mol. The highest BCUT2D eigenvalue weighted by Crippen LogP contribution is 2.27. The molecule has 0 aliphatic carbocycles. The van der Waals surface area contributed by atoms with E-state index in [1.807, 2.05) is 0 Å². The maximum atomic E-state index is 12.1. The SMILES string of the molecule is Cc1ccc(NC(=O)c2cccc(Cl)c2Cl)cc1[N+](=O)[O-]. The minimum absolute atomic E-state index is 0.0648. The van der Waals surface area contributed by atoms with Crippen molar-refractivity contribution in [2.24, 2.45) is 0 Å². The number of carbonyl (C=O) groups is 1. The van der Waals surface area contributed by atoms with Crippen molar-refractivity contribution in [1.82, 2.24) is 0 Å². The first-order valence-corrected chi connectivity index (χ1v) is 6.66. The summed E-state index contributed by atoms with van der Waals surface area (Å²) in [6.07, 6.45) is 0. The normalized spacial score (nSPS) is 10.2. The maximum Gasteiger partial charge on any atom is 0.274 e. The van der Waals surface area contributed by atoms with Crippen molar-refractivity contribution in [3.8, 4) is 0 Å². The molecule has 0 spiro atoms. The van der Waals surface area contributed by atoms with Crippen LogP contribution in [-0.4, -0.2) is 10.8 Å². The number of nitro benzene ring substituents is 1. The number of amides is 1. The fourth-order valence-electron chi connectivity index (χ4n) is 1.76. The average Bonchev–Trinajstić information content (AvgIpc) is 2.43. The molecule has 0 radical (unpaired) electrons. The Hall–Kier alpha value is -2.11. The molecule has 21 heavy (non-hydrogen) atoms. The Kier molecular flexibility index (Phi) is 4.45. The van der Waals surface area contributed by atoms with Gasteiger partial charge in [0.25, 0.3) is 11.6 Å². The second-order valence-corrected chi connectivity index (χ2v) is 5.10. The van der Waals surface area contributed by atoms with Gasteiger partial charge in [0.1, 0.15) is 0 Å². The molecule has 108 valence electrons. The second kappa shape index (κ2) is 6.11. The van der Waals surface area contributed by atoms with Crippen molar-refractivity contribution >= 4 is 40.5 Å². The number of hydrogen-bond acceptors (Lipinski definition) is 3. The lowest BCUT2D eigenvalue weighted by Crippen LogP contribution is -2.12. The first kappa shape index (κ1) is 15.3. The van der Waals surface area contributed by atoms with Gasteiger partial charge in [0.15, 0.2) is 0 Å². The number of benzene rings is 2. The smallest absolute Gasteiger partial charge is 0.274 e. The van der Waals surface area contributed by atoms with Crippen molar-refractivity contribution < 1.29 is 9.72 Å². The Bertz CT molecular complexity index is 732. The van der Waals surface area contributed by atoms with Gasteiger partial charge >= 0.3 is 0 Å². The second-order valence-electron chi connectivity index (χ2n) is 4.31. The van der Waals surface area contributed by atoms with Gasteiger partial charge in [-0.1, -0.05) is 35.3 Å². The number of halogens is 2. The molecule has 5 nitrogen and oxygen atoms in total. The predicted molar refractivity (Wildman–Crippen MR) is 82.2 cm³/mol. The summed E-state index contributed by atoms with van der Waals surface area (Å²) < 4.78 is 0. The van der Waals surface area contributed by atoms with Crippen LogP contribution in [0.1, 0.15) is 15.9 Å². The lowest BCUT2D eigenvalue weighted by Gasteiger charge is -2.08. The van der Waals surface area contributed by atoms with E-state index in [0.29, 0.717) is 11.3 Å². The van der Waals surface area contributed by atoms with E-state index in [2.05, 4.69) is 5.32 Å². The number of carbonyl (C=O) groups excluding carboxylic acids is 1. The minimum atomic E-state index is -0.503. The highest BCUT2D eigenvalue weighted by atomic mass is 35.5. The van der Waals surface area contributed by atoms with Crippen LogP contribution < -0.4 is 5.32 Å². The Morgan fingerprint density at radius 2 is 1.95 bits per heavy atom. The number of aryl methyl sites for hydroxylation is 1. The van der Waals surface area contributed by atoms with E-state index in [4.69, 9.17) is 23.2 Å². The topological polar surface area (TPSA) is 72.2 Å². The fraction of sp³-hybridized carbons (Fsp3) is 0.0714. The van der Waals surface area contributed by atoms with Gasteiger partial charge in [0, 0.05) is 17.3 Å². The minimum Gasteiger partial charge on any atom is -0.322 e. The van der Waals surface area contributed by atoms with Gasteiger partial charge in [-0.15, -0.1) is 0 Å². The summed E-state index contributed by atoms with van der Waals surface area (Å²) >= 11 is 11.8. The van der Waals surface area contributed by atoms with Crippen LogP contribution >= 0.6 is 23.2 Å². The Morgan fingerprint density at radius 1 is 1.24 bits per heavy atom. The molecular formula is C14H10Cl2N2O3. The molecule has 2 aromatic carbocycles. The number of anilines is 1. The highest BCUT2D eigenvalue weighted by molar-refractivity contribution is 6.44. The summed E-state index contributed by atoms with van der Waals surface area (Å²) in [5.41, 5.74) is 0.963. The Morgan fingerprint density at radius 3 is 2.62 bits per heavy atom. The zero-order chi connectivity index (χ0) is 15.6. The van der Waals surface area contributed by atoms with E-state index in [9.17, 15) is 14.9 Å². The first-order chi connectivity index (χ1) is 9.90. The first-order valence-electron chi connectivity index (χ1n) is 5.90. The third-order valence-corrected chi connectivity index (χ3v) is 3.68. The van der Waals surface area contributed by atoms with E-state index >= 15 is 0 Å². The summed E-state index contributed by atoms with van der Waals surface area (Å²) in [6.45, 7) is 1.62. The summed E-state index contributed by atoms with van der Waals surface area (Å²) in [5.74, 6) is -0.486. The van der Waals surface area contributed by atoms with Gasteiger partial charge in [0.2, 0.25) is 0 Å². The summed E-state index contributed by atoms with van der Waals surface area (Å²) in [4.78, 5) is 22.5. The molecule has 0 saturated carbocycles. The monoisotopic (exact) mass is 324 g/mol. The lowest BCUT2D eigenvalue weighted by molar-refractivity contribution is -0.385. The number of rotatable bonds is 3. The molecular weight excluding hydrogens is 315 g/mol. The fourth-order valence-corrected chi connectivity index (χ4v) is 2.15. The number of nitrogens with zero attached hydrogens (tertiary/aromatic N) is 1. The zero-order valence-electron chi connectivity index (χ0n) is 10.9. The molecule has 0 fully saturated rings. The molecule has 0 aliphatic heterocycles. The molecule has 1 amide bonds. The Balaban J connectivity index is 2.30. The lowest BCUT2D eigenvalue weighted by atomic mass is 10.1. The summed E-state index contributed by atoms with van der Waals surface area (Å²) in [7, 11) is 0. The van der Waals surface area contributed by atoms with Crippen LogP contribution in [0.3, 0.4) is 0 Å². The number of nitrogens with one attached hydrogen (secondary N) is 1. The molecule has 0 aliphatic rings. The van der Waals surface area contributed by atoms with E-state index in [-0.39, 0.29) is 21.3 Å². The molecule has 0 bridgehead atoms. The molecule has 0 heterocycles. The van der Waals surface area contributed by atoms with Crippen LogP contribution in [-0.2, 0) is 0 Å². The van der Waals surface area contributed by atoms with E-state index in [1.54, 1.807) is 31.2 Å². The van der Waals surface area contributed by atoms with E-state index in [1.165, 1.54) is 12.1 Å². The van der Waals surface area contributed by atoms with Gasteiger partial charge in [-0.3, -0.25) is 14.9 Å². The molecule has 2 rings (SSSR count). The third kappa shape index (κ3) is 3.32. The van der Waals surface area contributed by atoms with Crippen molar-refractivity contribution in [2.45, 2.75) is 6.92 Å². The molecule has 2 aromatic rings. The molecule has 0 aromatic heterocycles. The van der Waals surface area contributed by atoms with E-state index < -0.39 is 10.8 Å². The van der Waals surface area contributed by atoms with Crippen molar-refractivity contribution in [3.63, 3.8) is 0 Å². The van der Waals surface area contributed by atoms with Crippen LogP contribution in [0.4, 0.5) is 11.4 Å². The van der Waals surface area contributed by atoms with Crippen molar-refractivity contribution in [2.75, 3.05) is 5.32 Å². The molecule has 0 unspecified atom stereocenters. The van der Waals surface area contributed by atoms with E-state index in [0.717, 1.165) is 0 Å². The van der Waals surface area contributed by atoms with Crippen LogP contribution in [0.2, 0.25) is 10.0 Å². The van der Waals surface area contributed by atoms with Gasteiger partial charge in [0.05, 0.1) is 20.5 Å². The molecule has 0 atom stereocenters. The van der Waals surface area contributed by atoms with Crippen LogP contribution in [0.25, 0.3) is 0 Å². The summed E-state index contributed by atoms with van der Waals surface area (Å²) in [6, 6.07) is 9.13. The third-order valence-electron chi connectivity index (χ3n) is 2.86. The Labute approximate surface area is 130 Å². The molecule has 1 N–H and O–H groups in total. The van der Waals surface area contributed by atoms with Crippen LogP contribution in [0.15, 0.2) is 36.4 Å². The summed E-state index contributed by atoms with van der Waals surface area (Å²) in [5, 5.41) is 13.8. The van der Waals surface area contributed by atoms with Gasteiger partial charge in [-0.05, 0) is 25.1 Å². The standard InChI is InChI=1S/C14H10Cl2N2O3/c1-8-5-6-9(7-12(8)18(20)21)17-14(19)10-3-2-4-11(15)13(10)16/h2-7H,1H3,(H,17,19). The molecule has 7 heteroatoms. The highest BCUT2D eigenvalue weighted by Gasteiger charge is 2.15. The van der Waals surface area contributed by atoms with Gasteiger partial charge in [-0.25, -0.2) is 0 Å². The maximum absolute atomic E-state index is 12.1. The van der Waals surface area contributed by atoms with Crippen LogP contribution in [0.5, 0.6) is 0 Å². The molecule has 0 saturated heterocycles. The largest absolute Gasteiger partial charge is 0.322 e. The predicted octanol–water partition coefficient (Wildman–Crippen LogP) is 4.46. The quantitative estimate of drug-likeness (QED) is 0.669. The number of nitro groups is 1. The van der Waals surface area contributed by atoms with Gasteiger partial charge < -0.3 is 5.32 Å². The van der Waals surface area contributed by atoms with Crippen LogP contribution in [0, 0.1) is 17.0 Å².